The summed E-state index contributed by atoms with van der Waals surface area (Å²) >= 11 is 0. The number of nitrogens with zero attached hydrogens (tertiary/aromatic N) is 3. The van der Waals surface area contributed by atoms with Crippen LogP contribution in [-0.4, -0.2) is 40.9 Å². The van der Waals surface area contributed by atoms with E-state index in [2.05, 4.69) is 0 Å². The molecule has 0 spiro atoms. The van der Waals surface area contributed by atoms with Crippen LogP contribution in [-0.2, 0) is 19.6 Å². The van der Waals surface area contributed by atoms with Crippen LogP contribution in [0, 0.1) is 0 Å². The zero-order chi connectivity index (χ0) is 23.3. The van der Waals surface area contributed by atoms with E-state index in [0.29, 0.717) is 0 Å². The van der Waals surface area contributed by atoms with Crippen molar-refractivity contribution >= 4 is 27.2 Å². The molecule has 174 valence electrons. The average Bonchev–Trinajstić information content (AvgIpc) is 2.54. The molecule has 1 aromatic heterocycles. The number of rotatable bonds is 12. The monoisotopic (exact) mass is 507 g/mol. The Balaban J connectivity index is 3.25. The first-order valence-electron chi connectivity index (χ1n) is 8.66. The van der Waals surface area contributed by atoms with E-state index < -0.39 is 101 Å². The molecule has 0 amide bonds. The maximum atomic E-state index is 12.4. The van der Waals surface area contributed by atoms with Crippen molar-refractivity contribution in [3.63, 3.8) is 0 Å². The maximum absolute atomic E-state index is 12.4. The van der Waals surface area contributed by atoms with Gasteiger partial charge in [0.25, 0.3) is 0 Å². The Kier molecular flexibility index (Phi) is 8.96. The SMILES string of the molecule is O=c1n(CCC[Si](F)(F)F)c(=O)n(CCC[Si](F)(F)F)c(=O)n1CCC[Si](F)(F)F. The molecule has 0 saturated heterocycles. The zero-order valence-corrected chi connectivity index (χ0v) is 18.3. The van der Waals surface area contributed by atoms with E-state index in [9.17, 15) is 51.4 Å². The van der Waals surface area contributed by atoms with Crippen molar-refractivity contribution in [1.82, 2.24) is 13.7 Å². The molecule has 0 bridgehead atoms. The molecule has 30 heavy (non-hydrogen) atoms. The molecule has 1 heterocycles. The maximum Gasteiger partial charge on any atom is 0.616 e. The van der Waals surface area contributed by atoms with E-state index >= 15 is 0 Å². The number of halogens is 9. The normalized spacial score (nSPS) is 13.1. The Labute approximate surface area is 167 Å². The molecule has 0 atom stereocenters. The van der Waals surface area contributed by atoms with Gasteiger partial charge in [0.15, 0.2) is 0 Å². The van der Waals surface area contributed by atoms with Gasteiger partial charge in [-0.3, -0.25) is 0 Å². The molecule has 0 aromatic carbocycles. The first-order chi connectivity index (χ1) is 13.5. The van der Waals surface area contributed by atoms with E-state index in [0.717, 1.165) is 0 Å². The van der Waals surface area contributed by atoms with E-state index in [1.54, 1.807) is 0 Å². The summed E-state index contributed by atoms with van der Waals surface area (Å²) in [5.41, 5.74) is -4.13. The van der Waals surface area contributed by atoms with Crippen molar-refractivity contribution in [1.29, 1.82) is 0 Å². The zero-order valence-electron chi connectivity index (χ0n) is 15.3. The van der Waals surface area contributed by atoms with Gasteiger partial charge in [-0.1, -0.05) is 0 Å². The Morgan fingerprint density at radius 2 is 0.667 bits per heavy atom. The standard InChI is InChI=1S/C12H18F9N3O3Si3/c13-28(14,15)7-1-4-22-10(25)23(5-2-8-29(16,17)18)12(27)24(11(22)26)6-3-9-30(19,20)21/h1-9H2. The lowest BCUT2D eigenvalue weighted by Crippen LogP contribution is -2.54. The highest BCUT2D eigenvalue weighted by Gasteiger charge is 2.37. The van der Waals surface area contributed by atoms with Gasteiger partial charge in [-0.25, -0.2) is 65.1 Å². The fourth-order valence-electron chi connectivity index (χ4n) is 2.57. The van der Waals surface area contributed by atoms with Crippen LogP contribution >= 0.6 is 0 Å². The second-order valence-corrected chi connectivity index (χ2v) is 11.6. The molecular formula is C12H18F9N3O3Si3. The van der Waals surface area contributed by atoms with Crippen molar-refractivity contribution in [2.75, 3.05) is 0 Å². The lowest BCUT2D eigenvalue weighted by atomic mass is 10.4. The van der Waals surface area contributed by atoms with Crippen LogP contribution in [0.15, 0.2) is 14.4 Å². The molecule has 6 nitrogen and oxygen atoms in total. The summed E-state index contributed by atoms with van der Waals surface area (Å²) < 4.78 is 113. The van der Waals surface area contributed by atoms with Crippen LogP contribution < -0.4 is 17.1 Å². The summed E-state index contributed by atoms with van der Waals surface area (Å²) in [6.45, 7) is -2.27. The van der Waals surface area contributed by atoms with Crippen LogP contribution in [0.1, 0.15) is 19.3 Å². The number of hydrogen-bond acceptors (Lipinski definition) is 3. The Bertz CT molecular complexity index is 742. The molecular weight excluding hydrogens is 489 g/mol. The second-order valence-electron chi connectivity index (χ2n) is 6.46. The van der Waals surface area contributed by atoms with Crippen molar-refractivity contribution in [2.45, 2.75) is 57.0 Å². The summed E-state index contributed by atoms with van der Waals surface area (Å²) in [4.78, 5) is 36.9. The van der Waals surface area contributed by atoms with E-state index in [1.807, 2.05) is 0 Å². The minimum absolute atomic E-state index is 0.261. The van der Waals surface area contributed by atoms with E-state index in [-0.39, 0.29) is 13.7 Å². The van der Waals surface area contributed by atoms with Gasteiger partial charge >= 0.3 is 44.3 Å². The van der Waals surface area contributed by atoms with Crippen molar-refractivity contribution in [2.24, 2.45) is 0 Å². The third-order valence-corrected chi connectivity index (χ3v) is 6.67. The molecule has 1 rings (SSSR count). The van der Waals surface area contributed by atoms with Gasteiger partial charge in [0, 0.05) is 37.8 Å². The summed E-state index contributed by atoms with van der Waals surface area (Å²) in [6.07, 6.45) is -2.02. The third kappa shape index (κ3) is 9.06. The highest BCUT2D eigenvalue weighted by Crippen LogP contribution is 2.18. The molecule has 0 unspecified atom stereocenters. The Morgan fingerprint density at radius 1 is 0.467 bits per heavy atom. The summed E-state index contributed by atoms with van der Waals surface area (Å²) in [6, 6.07) is -3.72. The van der Waals surface area contributed by atoms with Gasteiger partial charge in [-0.2, -0.15) is 0 Å². The highest BCUT2D eigenvalue weighted by atomic mass is 28.5. The summed E-state index contributed by atoms with van der Waals surface area (Å²) in [5.74, 6) is 0. The smallest absolute Gasteiger partial charge is 0.247 e. The Hall–Kier alpha value is -1.57. The van der Waals surface area contributed by atoms with Crippen molar-refractivity contribution in [3.8, 4) is 0 Å². The van der Waals surface area contributed by atoms with Crippen LogP contribution in [0.3, 0.4) is 0 Å². The topological polar surface area (TPSA) is 66.0 Å². The summed E-state index contributed by atoms with van der Waals surface area (Å²) in [7, 11) is -18.0. The fourth-order valence-corrected chi connectivity index (χ4v) is 4.25. The second kappa shape index (κ2) is 10.2. The minimum atomic E-state index is -6.00. The molecule has 0 aliphatic rings. The van der Waals surface area contributed by atoms with Crippen LogP contribution in [0.25, 0.3) is 0 Å². The quantitative estimate of drug-likeness (QED) is 0.248. The van der Waals surface area contributed by atoms with E-state index in [1.165, 1.54) is 0 Å². The third-order valence-electron chi connectivity index (χ3n) is 3.91. The van der Waals surface area contributed by atoms with Crippen molar-refractivity contribution in [3.05, 3.63) is 31.5 Å². The number of aromatic nitrogens is 3. The van der Waals surface area contributed by atoms with Gasteiger partial charge in [0.1, 0.15) is 0 Å². The fraction of sp³-hybridized carbons (Fsp3) is 0.750. The molecule has 0 radical (unpaired) electrons. The molecule has 18 heteroatoms. The van der Waals surface area contributed by atoms with Crippen molar-refractivity contribution < 1.29 is 37.0 Å². The number of hydrogen-bond donors (Lipinski definition) is 0. The average molecular weight is 508 g/mol. The first kappa shape index (κ1) is 26.5. The molecule has 0 fully saturated rings. The molecule has 0 aliphatic carbocycles. The predicted octanol–water partition coefficient (Wildman–Crippen LogP) is 2.88. The van der Waals surface area contributed by atoms with Gasteiger partial charge in [0.2, 0.25) is 0 Å². The van der Waals surface area contributed by atoms with Gasteiger partial charge < -0.3 is 0 Å². The molecule has 0 saturated carbocycles. The predicted molar refractivity (Wildman–Crippen MR) is 94.7 cm³/mol. The molecule has 0 N–H and O–H groups in total. The van der Waals surface area contributed by atoms with Gasteiger partial charge in [0.05, 0.1) is 0 Å². The lowest BCUT2D eigenvalue weighted by molar-refractivity contribution is 0.410. The highest BCUT2D eigenvalue weighted by molar-refractivity contribution is 6.59. The van der Waals surface area contributed by atoms with Crippen LogP contribution in [0.5, 0.6) is 0 Å². The lowest BCUT2D eigenvalue weighted by Gasteiger charge is -2.14. The van der Waals surface area contributed by atoms with E-state index in [4.69, 9.17) is 0 Å². The van der Waals surface area contributed by atoms with Gasteiger partial charge in [-0.15, -0.1) is 0 Å². The van der Waals surface area contributed by atoms with Crippen LogP contribution in [0.2, 0.25) is 18.1 Å². The largest absolute Gasteiger partial charge is 0.616 e. The molecule has 0 aliphatic heterocycles. The summed E-state index contributed by atoms with van der Waals surface area (Å²) in [5, 5.41) is 0. The molecule has 1 aromatic rings. The first-order valence-corrected chi connectivity index (χ1v) is 14.2. The van der Waals surface area contributed by atoms with Crippen LogP contribution in [0.4, 0.5) is 37.0 Å². The Morgan fingerprint density at radius 3 is 0.833 bits per heavy atom. The minimum Gasteiger partial charge on any atom is -0.247 e. The van der Waals surface area contributed by atoms with Gasteiger partial charge in [-0.05, 0) is 19.3 Å².